The van der Waals surface area contributed by atoms with Crippen molar-refractivity contribution in [1.29, 1.82) is 0 Å². The van der Waals surface area contributed by atoms with Gasteiger partial charge < -0.3 is 18.5 Å². The van der Waals surface area contributed by atoms with E-state index in [-0.39, 0.29) is 12.5 Å². The third-order valence-electron chi connectivity index (χ3n) is 4.33. The second kappa shape index (κ2) is 8.94. The number of methoxy groups -OCH3 is 1. The van der Waals surface area contributed by atoms with Gasteiger partial charge in [0.25, 0.3) is 5.91 Å². The average Bonchev–Trinajstić information content (AvgIpc) is 3.31. The first-order valence-electron chi connectivity index (χ1n) is 8.85. The fourth-order valence-electron chi connectivity index (χ4n) is 2.85. The molecule has 0 aliphatic heterocycles. The molecule has 1 N–H and O–H groups in total. The van der Waals surface area contributed by atoms with Crippen molar-refractivity contribution in [2.45, 2.75) is 20.4 Å². The first-order chi connectivity index (χ1) is 13.6. The minimum Gasteiger partial charge on any atom is -0.493 e. The number of carbonyl (C=O) groups is 1. The van der Waals surface area contributed by atoms with E-state index in [4.69, 9.17) is 13.9 Å². The summed E-state index contributed by atoms with van der Waals surface area (Å²) in [5.41, 5.74) is 5.53. The van der Waals surface area contributed by atoms with Crippen LogP contribution >= 0.6 is 0 Å². The van der Waals surface area contributed by atoms with Crippen LogP contribution in [0.25, 0.3) is 0 Å². The van der Waals surface area contributed by atoms with Crippen LogP contribution in [-0.2, 0) is 11.3 Å². The molecular weight excluding hydrogens is 358 g/mol. The quantitative estimate of drug-likeness (QED) is 0.480. The van der Waals surface area contributed by atoms with Crippen molar-refractivity contribution in [3.63, 3.8) is 0 Å². The van der Waals surface area contributed by atoms with E-state index in [1.165, 1.54) is 0 Å². The van der Waals surface area contributed by atoms with Gasteiger partial charge in [-0.05, 0) is 44.2 Å². The lowest BCUT2D eigenvalue weighted by molar-refractivity contribution is -0.123. The lowest BCUT2D eigenvalue weighted by atomic mass is 10.3. The summed E-state index contributed by atoms with van der Waals surface area (Å²) in [6.07, 6.45) is 3.29. The molecule has 0 spiro atoms. The molecular formula is C21H23N3O4. The van der Waals surface area contributed by atoms with Gasteiger partial charge >= 0.3 is 0 Å². The Morgan fingerprint density at radius 3 is 2.71 bits per heavy atom. The normalized spacial score (nSPS) is 11.0. The maximum absolute atomic E-state index is 12.0. The summed E-state index contributed by atoms with van der Waals surface area (Å²) in [6, 6.07) is 13.0. The van der Waals surface area contributed by atoms with Crippen molar-refractivity contribution in [2.75, 3.05) is 13.7 Å². The van der Waals surface area contributed by atoms with E-state index in [9.17, 15) is 4.79 Å². The zero-order valence-electron chi connectivity index (χ0n) is 16.1. The van der Waals surface area contributed by atoms with Gasteiger partial charge in [-0.1, -0.05) is 12.1 Å². The molecule has 0 fully saturated rings. The Balaban J connectivity index is 1.56. The lowest BCUT2D eigenvalue weighted by Gasteiger charge is -2.09. The molecule has 3 aromatic rings. The Bertz CT molecular complexity index is 958. The summed E-state index contributed by atoms with van der Waals surface area (Å²) in [6.45, 7) is 4.52. The predicted molar refractivity (Wildman–Crippen MR) is 106 cm³/mol. The zero-order chi connectivity index (χ0) is 19.9. The molecule has 0 unspecified atom stereocenters. The molecule has 3 rings (SSSR count). The van der Waals surface area contributed by atoms with Crippen LogP contribution in [0.3, 0.4) is 0 Å². The molecule has 2 heterocycles. The second-order valence-corrected chi connectivity index (χ2v) is 6.22. The van der Waals surface area contributed by atoms with Gasteiger partial charge in [0.2, 0.25) is 0 Å². The standard InChI is InChI=1S/C21H23N3O4/c1-15-11-17(16(2)24(15)13-18-7-6-10-27-18)12-22-23-21(25)14-28-20-9-5-4-8-19(20)26-3/h4-12H,13-14H2,1-3H3,(H,23,25)/b22-12-. The van der Waals surface area contributed by atoms with E-state index in [0.717, 1.165) is 22.7 Å². The number of hydrogen-bond donors (Lipinski definition) is 1. The van der Waals surface area contributed by atoms with Crippen LogP contribution in [0.4, 0.5) is 0 Å². The molecule has 0 aliphatic carbocycles. The van der Waals surface area contributed by atoms with Gasteiger partial charge in [0.1, 0.15) is 5.76 Å². The Morgan fingerprint density at radius 1 is 1.21 bits per heavy atom. The lowest BCUT2D eigenvalue weighted by Crippen LogP contribution is -2.24. The van der Waals surface area contributed by atoms with E-state index in [1.807, 2.05) is 44.2 Å². The number of carbonyl (C=O) groups excluding carboxylic acids is 1. The average molecular weight is 381 g/mol. The highest BCUT2D eigenvalue weighted by molar-refractivity contribution is 5.84. The summed E-state index contributed by atoms with van der Waals surface area (Å²) in [7, 11) is 1.55. The largest absolute Gasteiger partial charge is 0.493 e. The molecule has 1 aromatic carbocycles. The fourth-order valence-corrected chi connectivity index (χ4v) is 2.85. The number of nitrogens with one attached hydrogen (secondary N) is 1. The molecule has 0 aliphatic rings. The summed E-state index contributed by atoms with van der Waals surface area (Å²) in [4.78, 5) is 12.0. The molecule has 0 radical (unpaired) electrons. The summed E-state index contributed by atoms with van der Waals surface area (Å²) >= 11 is 0. The zero-order valence-corrected chi connectivity index (χ0v) is 16.1. The maximum atomic E-state index is 12.0. The molecule has 7 heteroatoms. The van der Waals surface area contributed by atoms with Crippen LogP contribution < -0.4 is 14.9 Å². The van der Waals surface area contributed by atoms with E-state index in [0.29, 0.717) is 18.0 Å². The smallest absolute Gasteiger partial charge is 0.277 e. The van der Waals surface area contributed by atoms with Crippen LogP contribution in [0.5, 0.6) is 11.5 Å². The molecule has 0 bridgehead atoms. The first-order valence-corrected chi connectivity index (χ1v) is 8.85. The van der Waals surface area contributed by atoms with Crippen molar-refractivity contribution < 1.29 is 18.7 Å². The number of ether oxygens (including phenoxy) is 2. The Hall–Kier alpha value is -3.48. The molecule has 146 valence electrons. The van der Waals surface area contributed by atoms with Gasteiger partial charge in [-0.25, -0.2) is 5.43 Å². The Kier molecular flexibility index (Phi) is 6.16. The highest BCUT2D eigenvalue weighted by Crippen LogP contribution is 2.25. The van der Waals surface area contributed by atoms with E-state index in [1.54, 1.807) is 31.7 Å². The van der Waals surface area contributed by atoms with Crippen molar-refractivity contribution in [2.24, 2.45) is 5.10 Å². The number of aryl methyl sites for hydroxylation is 1. The second-order valence-electron chi connectivity index (χ2n) is 6.22. The number of benzene rings is 1. The van der Waals surface area contributed by atoms with Crippen molar-refractivity contribution in [1.82, 2.24) is 9.99 Å². The predicted octanol–water partition coefficient (Wildman–Crippen LogP) is 3.28. The van der Waals surface area contributed by atoms with Crippen LogP contribution in [0.1, 0.15) is 22.7 Å². The van der Waals surface area contributed by atoms with E-state index in [2.05, 4.69) is 15.1 Å². The van der Waals surface area contributed by atoms with Crippen LogP contribution in [0.2, 0.25) is 0 Å². The molecule has 7 nitrogen and oxygen atoms in total. The van der Waals surface area contributed by atoms with Gasteiger partial charge in [-0.15, -0.1) is 0 Å². The number of rotatable bonds is 8. The van der Waals surface area contributed by atoms with Gasteiger partial charge in [0.05, 0.1) is 26.1 Å². The summed E-state index contributed by atoms with van der Waals surface area (Å²) in [5, 5.41) is 4.04. The topological polar surface area (TPSA) is 78.0 Å². The fraction of sp³-hybridized carbons (Fsp3) is 0.238. The molecule has 28 heavy (non-hydrogen) atoms. The molecule has 0 atom stereocenters. The van der Waals surface area contributed by atoms with Gasteiger partial charge in [-0.2, -0.15) is 5.10 Å². The summed E-state index contributed by atoms with van der Waals surface area (Å²) < 4.78 is 18.2. The van der Waals surface area contributed by atoms with Gasteiger partial charge in [0, 0.05) is 17.0 Å². The number of hydrogen-bond acceptors (Lipinski definition) is 5. The van der Waals surface area contributed by atoms with Crippen molar-refractivity contribution >= 4 is 12.1 Å². The third kappa shape index (κ3) is 4.62. The number of nitrogens with zero attached hydrogens (tertiary/aromatic N) is 2. The van der Waals surface area contributed by atoms with E-state index < -0.39 is 0 Å². The highest BCUT2D eigenvalue weighted by Gasteiger charge is 2.10. The first kappa shape index (κ1) is 19.3. The van der Waals surface area contributed by atoms with Crippen molar-refractivity contribution in [3.8, 4) is 11.5 Å². The number of aromatic nitrogens is 1. The molecule has 0 saturated carbocycles. The number of furan rings is 1. The van der Waals surface area contributed by atoms with Crippen LogP contribution in [-0.4, -0.2) is 30.4 Å². The van der Waals surface area contributed by atoms with E-state index >= 15 is 0 Å². The molecule has 2 aromatic heterocycles. The van der Waals surface area contributed by atoms with Crippen molar-refractivity contribution in [3.05, 3.63) is 71.4 Å². The third-order valence-corrected chi connectivity index (χ3v) is 4.33. The molecule has 1 amide bonds. The number of amides is 1. The summed E-state index contributed by atoms with van der Waals surface area (Å²) in [5.74, 6) is 1.60. The van der Waals surface area contributed by atoms with Gasteiger partial charge in [0.15, 0.2) is 18.1 Å². The SMILES string of the molecule is COc1ccccc1OCC(=O)N/N=C\c1cc(C)n(Cc2ccco2)c1C. The van der Waals surface area contributed by atoms with Gasteiger partial charge in [-0.3, -0.25) is 4.79 Å². The Morgan fingerprint density at radius 2 is 2.00 bits per heavy atom. The van der Waals surface area contributed by atoms with Crippen LogP contribution in [0.15, 0.2) is 58.2 Å². The minimum absolute atomic E-state index is 0.158. The highest BCUT2D eigenvalue weighted by atomic mass is 16.5. The van der Waals surface area contributed by atoms with Crippen LogP contribution in [0, 0.1) is 13.8 Å². The monoisotopic (exact) mass is 381 g/mol. The number of hydrazone groups is 1. The minimum atomic E-state index is -0.355. The molecule has 0 saturated heterocycles. The maximum Gasteiger partial charge on any atom is 0.277 e. The number of para-hydroxylation sites is 2. The Labute approximate surface area is 163 Å².